The highest BCUT2D eigenvalue weighted by Gasteiger charge is 2.12. The van der Waals surface area contributed by atoms with Gasteiger partial charge in [0.15, 0.2) is 0 Å². The van der Waals surface area contributed by atoms with E-state index in [-0.39, 0.29) is 5.69 Å². The number of hydrazone groups is 1. The summed E-state index contributed by atoms with van der Waals surface area (Å²) in [5.74, 6) is 0. The third-order valence-electron chi connectivity index (χ3n) is 3.54. The van der Waals surface area contributed by atoms with Crippen molar-refractivity contribution in [3.05, 3.63) is 70.3 Å². The van der Waals surface area contributed by atoms with E-state index in [9.17, 15) is 10.1 Å². The second-order valence-corrected chi connectivity index (χ2v) is 5.27. The van der Waals surface area contributed by atoms with E-state index < -0.39 is 4.92 Å². The molecule has 0 spiro atoms. The Labute approximate surface area is 136 Å². The minimum Gasteiger partial charge on any atom is -0.271 e. The van der Waals surface area contributed by atoms with E-state index in [4.69, 9.17) is 0 Å². The Bertz CT molecular complexity index is 669. The zero-order valence-electron chi connectivity index (χ0n) is 13.2. The van der Waals surface area contributed by atoms with Crippen LogP contribution in [0.2, 0.25) is 0 Å². The SMILES string of the molecule is CCCCC/C(=N\Nc1ccccc1[N+](=O)[O-])c1ccccc1. The van der Waals surface area contributed by atoms with Gasteiger partial charge in [0.2, 0.25) is 0 Å². The van der Waals surface area contributed by atoms with E-state index in [1.165, 1.54) is 6.07 Å². The van der Waals surface area contributed by atoms with Gasteiger partial charge in [-0.2, -0.15) is 5.10 Å². The maximum absolute atomic E-state index is 11.1. The van der Waals surface area contributed by atoms with Crippen LogP contribution >= 0.6 is 0 Å². The van der Waals surface area contributed by atoms with Crippen LogP contribution in [0.25, 0.3) is 0 Å². The van der Waals surface area contributed by atoms with Crippen molar-refractivity contribution in [3.8, 4) is 0 Å². The molecule has 23 heavy (non-hydrogen) atoms. The topological polar surface area (TPSA) is 67.5 Å². The zero-order chi connectivity index (χ0) is 16.5. The van der Waals surface area contributed by atoms with Crippen LogP contribution in [0.1, 0.15) is 38.2 Å². The van der Waals surface area contributed by atoms with Gasteiger partial charge in [-0.15, -0.1) is 0 Å². The summed E-state index contributed by atoms with van der Waals surface area (Å²) in [6, 6.07) is 16.4. The zero-order valence-corrected chi connectivity index (χ0v) is 13.2. The summed E-state index contributed by atoms with van der Waals surface area (Å²) < 4.78 is 0. The highest BCUT2D eigenvalue weighted by atomic mass is 16.6. The molecule has 0 saturated carbocycles. The monoisotopic (exact) mass is 311 g/mol. The van der Waals surface area contributed by atoms with Crippen LogP contribution in [0.4, 0.5) is 11.4 Å². The lowest BCUT2D eigenvalue weighted by atomic mass is 10.0. The molecule has 2 rings (SSSR count). The molecule has 5 heteroatoms. The van der Waals surface area contributed by atoms with E-state index in [0.29, 0.717) is 5.69 Å². The number of hydrogen-bond donors (Lipinski definition) is 1. The number of para-hydroxylation sites is 2. The Kier molecular flexibility index (Phi) is 6.29. The molecule has 0 amide bonds. The molecule has 0 heterocycles. The fraction of sp³-hybridized carbons (Fsp3) is 0.278. The van der Waals surface area contributed by atoms with Crippen molar-refractivity contribution in [2.24, 2.45) is 5.10 Å². The van der Waals surface area contributed by atoms with E-state index in [0.717, 1.165) is 37.0 Å². The Morgan fingerprint density at radius 3 is 2.48 bits per heavy atom. The van der Waals surface area contributed by atoms with Crippen molar-refractivity contribution in [1.82, 2.24) is 0 Å². The molecule has 0 aliphatic carbocycles. The van der Waals surface area contributed by atoms with Crippen molar-refractivity contribution in [2.45, 2.75) is 32.6 Å². The lowest BCUT2D eigenvalue weighted by Gasteiger charge is -2.08. The summed E-state index contributed by atoms with van der Waals surface area (Å²) in [7, 11) is 0. The van der Waals surface area contributed by atoms with Gasteiger partial charge in [-0.25, -0.2) is 0 Å². The molecule has 2 aromatic rings. The van der Waals surface area contributed by atoms with Crippen molar-refractivity contribution in [1.29, 1.82) is 0 Å². The van der Waals surface area contributed by atoms with Gasteiger partial charge in [-0.05, 0) is 24.5 Å². The molecule has 2 aromatic carbocycles. The number of nitrogens with zero attached hydrogens (tertiary/aromatic N) is 2. The third kappa shape index (κ3) is 4.92. The van der Waals surface area contributed by atoms with Crippen LogP contribution in [-0.4, -0.2) is 10.6 Å². The molecule has 0 aliphatic heterocycles. The normalized spacial score (nSPS) is 11.3. The number of benzene rings is 2. The average Bonchev–Trinajstić information content (AvgIpc) is 2.59. The van der Waals surface area contributed by atoms with Crippen molar-refractivity contribution >= 4 is 17.1 Å². The minimum absolute atomic E-state index is 0.0252. The Morgan fingerprint density at radius 2 is 1.78 bits per heavy atom. The van der Waals surface area contributed by atoms with Gasteiger partial charge in [0, 0.05) is 6.07 Å². The maximum atomic E-state index is 11.1. The van der Waals surface area contributed by atoms with Crippen LogP contribution in [0.15, 0.2) is 59.7 Å². The van der Waals surface area contributed by atoms with E-state index in [1.807, 2.05) is 30.3 Å². The first-order valence-corrected chi connectivity index (χ1v) is 7.83. The molecule has 5 nitrogen and oxygen atoms in total. The Morgan fingerprint density at radius 1 is 1.09 bits per heavy atom. The number of unbranched alkanes of at least 4 members (excludes halogenated alkanes) is 2. The van der Waals surface area contributed by atoms with Crippen LogP contribution in [0.3, 0.4) is 0 Å². The van der Waals surface area contributed by atoms with Crippen molar-refractivity contribution in [2.75, 3.05) is 5.43 Å². The smallest absolute Gasteiger partial charge is 0.271 e. The van der Waals surface area contributed by atoms with Crippen molar-refractivity contribution in [3.63, 3.8) is 0 Å². The summed E-state index contributed by atoms with van der Waals surface area (Å²) in [5, 5.41) is 15.5. The number of rotatable bonds is 8. The Balaban J connectivity index is 2.22. The fourth-order valence-corrected chi connectivity index (χ4v) is 2.29. The average molecular weight is 311 g/mol. The van der Waals surface area contributed by atoms with Crippen LogP contribution in [0.5, 0.6) is 0 Å². The summed E-state index contributed by atoms with van der Waals surface area (Å²) >= 11 is 0. The first-order valence-electron chi connectivity index (χ1n) is 7.83. The maximum Gasteiger partial charge on any atom is 0.294 e. The van der Waals surface area contributed by atoms with Gasteiger partial charge >= 0.3 is 0 Å². The highest BCUT2D eigenvalue weighted by Crippen LogP contribution is 2.23. The van der Waals surface area contributed by atoms with Gasteiger partial charge in [0.05, 0.1) is 10.6 Å². The number of nitro benzene ring substituents is 1. The molecule has 0 saturated heterocycles. The first-order chi connectivity index (χ1) is 11.2. The third-order valence-corrected chi connectivity index (χ3v) is 3.54. The minimum atomic E-state index is -0.406. The quantitative estimate of drug-likeness (QED) is 0.323. The van der Waals surface area contributed by atoms with Gasteiger partial charge in [0.25, 0.3) is 5.69 Å². The molecule has 0 radical (unpaired) electrons. The predicted octanol–water partition coefficient (Wildman–Crippen LogP) is 4.99. The Hall–Kier alpha value is -2.69. The standard InChI is InChI=1S/C18H21N3O2/c1-2-3-5-12-16(15-10-6-4-7-11-15)19-20-17-13-8-9-14-18(17)21(22)23/h4,6-11,13-14,20H,2-3,5,12H2,1H3/b19-16+. The molecule has 0 aromatic heterocycles. The number of anilines is 1. The first kappa shape index (κ1) is 16.7. The fourth-order valence-electron chi connectivity index (χ4n) is 2.29. The lowest BCUT2D eigenvalue weighted by molar-refractivity contribution is -0.384. The van der Waals surface area contributed by atoms with Crippen LogP contribution < -0.4 is 5.43 Å². The molecule has 1 N–H and O–H groups in total. The van der Waals surface area contributed by atoms with E-state index >= 15 is 0 Å². The van der Waals surface area contributed by atoms with Gasteiger partial charge in [0.1, 0.15) is 5.69 Å². The summed E-state index contributed by atoms with van der Waals surface area (Å²) in [5.41, 5.74) is 5.25. The molecule has 0 fully saturated rings. The summed E-state index contributed by atoms with van der Waals surface area (Å²) in [4.78, 5) is 10.7. The van der Waals surface area contributed by atoms with E-state index in [2.05, 4.69) is 17.5 Å². The molecule has 0 atom stereocenters. The second-order valence-electron chi connectivity index (χ2n) is 5.27. The van der Waals surface area contributed by atoms with Gasteiger partial charge < -0.3 is 0 Å². The van der Waals surface area contributed by atoms with Crippen LogP contribution in [0, 0.1) is 10.1 Å². The molecule has 0 unspecified atom stereocenters. The molecule has 0 aliphatic rings. The van der Waals surface area contributed by atoms with Crippen molar-refractivity contribution < 1.29 is 4.92 Å². The largest absolute Gasteiger partial charge is 0.294 e. The van der Waals surface area contributed by atoms with Gasteiger partial charge in [-0.3, -0.25) is 15.5 Å². The molecule has 0 bridgehead atoms. The molecular formula is C18H21N3O2. The van der Waals surface area contributed by atoms with E-state index in [1.54, 1.807) is 18.2 Å². The highest BCUT2D eigenvalue weighted by molar-refractivity contribution is 6.01. The number of nitro groups is 1. The predicted molar refractivity (Wildman–Crippen MR) is 93.8 cm³/mol. The second kappa shape index (κ2) is 8.68. The number of nitrogens with one attached hydrogen (secondary N) is 1. The lowest BCUT2D eigenvalue weighted by Crippen LogP contribution is -2.05. The molecule has 120 valence electrons. The molecular weight excluding hydrogens is 290 g/mol. The van der Waals surface area contributed by atoms with Crippen LogP contribution in [-0.2, 0) is 0 Å². The summed E-state index contributed by atoms with van der Waals surface area (Å²) in [6.45, 7) is 2.16. The number of hydrogen-bond acceptors (Lipinski definition) is 4. The summed E-state index contributed by atoms with van der Waals surface area (Å²) in [6.07, 6.45) is 4.16. The van der Waals surface area contributed by atoms with Gasteiger partial charge in [-0.1, -0.05) is 62.2 Å².